The molecule has 0 aliphatic carbocycles. The van der Waals surface area contributed by atoms with E-state index in [-0.39, 0.29) is 11.7 Å². The minimum absolute atomic E-state index is 0.152. The highest BCUT2D eigenvalue weighted by atomic mass is 35.5. The predicted molar refractivity (Wildman–Crippen MR) is 120 cm³/mol. The number of halogens is 3. The maximum absolute atomic E-state index is 12.3. The molecule has 3 rings (SSSR count). The second-order valence-electron chi connectivity index (χ2n) is 5.33. The Morgan fingerprint density at radius 2 is 2.04 bits per heavy atom. The summed E-state index contributed by atoms with van der Waals surface area (Å²) < 4.78 is 8.00. The Bertz CT molecular complexity index is 1080. The number of carbonyl (C=O) groups is 1. The normalized spacial score (nSPS) is 10.7. The average molecular weight is 493 g/mol. The first-order chi connectivity index (χ1) is 13.4. The van der Waals surface area contributed by atoms with E-state index in [0.29, 0.717) is 40.5 Å². The summed E-state index contributed by atoms with van der Waals surface area (Å²) in [6.45, 7) is 0. The Balaban J connectivity index is 1.68. The van der Waals surface area contributed by atoms with Crippen LogP contribution in [0, 0.1) is 3.95 Å². The molecule has 2 aromatic carbocycles. The van der Waals surface area contributed by atoms with Gasteiger partial charge in [-0.1, -0.05) is 57.9 Å². The van der Waals surface area contributed by atoms with Gasteiger partial charge >= 0.3 is 0 Å². The van der Waals surface area contributed by atoms with Gasteiger partial charge in [0, 0.05) is 5.02 Å². The van der Waals surface area contributed by atoms with Crippen LogP contribution in [-0.2, 0) is 4.79 Å². The molecule has 1 N–H and O–H groups in total. The molecule has 146 valence electrons. The molecule has 28 heavy (non-hydrogen) atoms. The number of aromatic nitrogens is 2. The van der Waals surface area contributed by atoms with Crippen molar-refractivity contribution in [2.24, 2.45) is 0 Å². The molecule has 0 bridgehead atoms. The van der Waals surface area contributed by atoms with E-state index < -0.39 is 0 Å². The van der Waals surface area contributed by atoms with Crippen molar-refractivity contribution in [2.45, 2.75) is 4.34 Å². The van der Waals surface area contributed by atoms with E-state index in [4.69, 9.17) is 51.8 Å². The summed E-state index contributed by atoms with van der Waals surface area (Å²) in [5.74, 6) is 0.467. The second kappa shape index (κ2) is 9.47. The summed E-state index contributed by atoms with van der Waals surface area (Å²) >= 11 is 25.9. The fourth-order valence-electron chi connectivity index (χ4n) is 2.19. The zero-order valence-electron chi connectivity index (χ0n) is 14.2. The Kier molecular flexibility index (Phi) is 7.25. The summed E-state index contributed by atoms with van der Waals surface area (Å²) in [7, 11) is 1.52. The Morgan fingerprint density at radius 3 is 2.75 bits per heavy atom. The largest absolute Gasteiger partial charge is 0.495 e. The van der Waals surface area contributed by atoms with E-state index in [1.54, 1.807) is 41.1 Å². The van der Waals surface area contributed by atoms with Crippen molar-refractivity contribution in [2.75, 3.05) is 18.2 Å². The monoisotopic (exact) mass is 491 g/mol. The SMILES string of the molecule is COc1ccc(Cl)cc1NC(=O)CSc1nn(-c2ccc(Cl)c(Cl)c2)c(=S)s1. The van der Waals surface area contributed by atoms with Crippen molar-refractivity contribution in [3.8, 4) is 11.4 Å². The summed E-state index contributed by atoms with van der Waals surface area (Å²) in [4.78, 5) is 12.3. The van der Waals surface area contributed by atoms with Gasteiger partial charge in [-0.25, -0.2) is 4.68 Å². The fraction of sp³-hybridized carbons (Fsp3) is 0.118. The van der Waals surface area contributed by atoms with Crippen molar-refractivity contribution in [1.82, 2.24) is 9.78 Å². The number of thioether (sulfide) groups is 1. The van der Waals surface area contributed by atoms with E-state index in [1.165, 1.54) is 30.2 Å². The minimum atomic E-state index is -0.215. The van der Waals surface area contributed by atoms with Crippen LogP contribution in [0.2, 0.25) is 15.1 Å². The maximum atomic E-state index is 12.3. The number of hydrogen-bond acceptors (Lipinski definition) is 6. The number of carbonyl (C=O) groups excluding carboxylic acids is 1. The van der Waals surface area contributed by atoms with E-state index in [0.717, 1.165) is 0 Å². The molecule has 1 amide bonds. The molecular formula is C17H12Cl3N3O2S3. The van der Waals surface area contributed by atoms with Gasteiger partial charge < -0.3 is 10.1 Å². The highest BCUT2D eigenvalue weighted by Crippen LogP contribution is 2.30. The molecule has 0 spiro atoms. The molecule has 0 unspecified atom stereocenters. The van der Waals surface area contributed by atoms with Gasteiger partial charge in [-0.05, 0) is 48.6 Å². The lowest BCUT2D eigenvalue weighted by molar-refractivity contribution is -0.113. The molecule has 5 nitrogen and oxygen atoms in total. The van der Waals surface area contributed by atoms with E-state index in [9.17, 15) is 4.79 Å². The number of benzene rings is 2. The number of rotatable bonds is 6. The fourth-order valence-corrected chi connectivity index (χ4v) is 4.82. The van der Waals surface area contributed by atoms with Gasteiger partial charge in [-0.3, -0.25) is 4.79 Å². The zero-order valence-corrected chi connectivity index (χ0v) is 19.0. The summed E-state index contributed by atoms with van der Waals surface area (Å²) in [5.41, 5.74) is 1.21. The van der Waals surface area contributed by atoms with Crippen LogP contribution >= 0.6 is 70.1 Å². The van der Waals surface area contributed by atoms with Crippen LogP contribution in [0.5, 0.6) is 5.75 Å². The van der Waals surface area contributed by atoms with Crippen LogP contribution < -0.4 is 10.1 Å². The van der Waals surface area contributed by atoms with Crippen molar-refractivity contribution >= 4 is 81.7 Å². The molecule has 0 aliphatic heterocycles. The van der Waals surface area contributed by atoms with Gasteiger partial charge in [0.05, 0.1) is 34.3 Å². The molecule has 0 saturated carbocycles. The van der Waals surface area contributed by atoms with Crippen molar-refractivity contribution in [3.63, 3.8) is 0 Å². The lowest BCUT2D eigenvalue weighted by Gasteiger charge is -2.10. The molecule has 1 heterocycles. The third kappa shape index (κ3) is 5.20. The standard InChI is InChI=1S/C17H12Cl3N3O2S3/c1-25-14-5-2-9(18)6-13(14)21-15(24)8-27-16-22-23(17(26)28-16)10-3-4-11(19)12(20)7-10/h2-7H,8H2,1H3,(H,21,24). The van der Waals surface area contributed by atoms with Gasteiger partial charge in [0.15, 0.2) is 8.29 Å². The van der Waals surface area contributed by atoms with Crippen LogP contribution in [-0.4, -0.2) is 28.6 Å². The first-order valence-electron chi connectivity index (χ1n) is 7.69. The van der Waals surface area contributed by atoms with E-state index in [1.807, 2.05) is 0 Å². The van der Waals surface area contributed by atoms with Crippen LogP contribution in [0.25, 0.3) is 5.69 Å². The highest BCUT2D eigenvalue weighted by molar-refractivity contribution is 8.01. The quantitative estimate of drug-likeness (QED) is 0.320. The van der Waals surface area contributed by atoms with Gasteiger partial charge in [-0.15, -0.1) is 5.10 Å². The second-order valence-corrected chi connectivity index (χ2v) is 9.42. The minimum Gasteiger partial charge on any atom is -0.495 e. The summed E-state index contributed by atoms with van der Waals surface area (Å²) in [5, 5.41) is 8.60. The molecular weight excluding hydrogens is 481 g/mol. The molecule has 0 radical (unpaired) electrons. The van der Waals surface area contributed by atoms with Gasteiger partial charge in [-0.2, -0.15) is 0 Å². The van der Waals surface area contributed by atoms with Crippen molar-refractivity contribution in [1.29, 1.82) is 0 Å². The number of nitrogens with zero attached hydrogens (tertiary/aromatic N) is 2. The first kappa shape index (κ1) is 21.4. The summed E-state index contributed by atoms with van der Waals surface area (Å²) in [6.07, 6.45) is 0. The number of ether oxygens (including phenoxy) is 1. The number of hydrogen-bond donors (Lipinski definition) is 1. The van der Waals surface area contributed by atoms with E-state index >= 15 is 0 Å². The maximum Gasteiger partial charge on any atom is 0.234 e. The lowest BCUT2D eigenvalue weighted by atomic mass is 10.3. The Hall–Kier alpha value is -1.29. The smallest absolute Gasteiger partial charge is 0.234 e. The Morgan fingerprint density at radius 1 is 1.25 bits per heavy atom. The average Bonchev–Trinajstić information content (AvgIpc) is 3.03. The predicted octanol–water partition coefficient (Wildman–Crippen LogP) is 6.36. The van der Waals surface area contributed by atoms with Crippen LogP contribution in [0.15, 0.2) is 40.7 Å². The van der Waals surface area contributed by atoms with Gasteiger partial charge in [0.25, 0.3) is 0 Å². The molecule has 0 atom stereocenters. The topological polar surface area (TPSA) is 56.1 Å². The van der Waals surface area contributed by atoms with Crippen LogP contribution in [0.1, 0.15) is 0 Å². The Labute approximate surface area is 189 Å². The van der Waals surface area contributed by atoms with Gasteiger partial charge in [0.1, 0.15) is 5.75 Å². The van der Waals surface area contributed by atoms with Crippen molar-refractivity contribution in [3.05, 3.63) is 55.4 Å². The molecule has 11 heteroatoms. The van der Waals surface area contributed by atoms with E-state index in [2.05, 4.69) is 10.4 Å². The third-order valence-corrected chi connectivity index (χ3v) is 6.78. The molecule has 3 aromatic rings. The van der Waals surface area contributed by atoms with Crippen molar-refractivity contribution < 1.29 is 9.53 Å². The molecule has 1 aromatic heterocycles. The van der Waals surface area contributed by atoms with Crippen LogP contribution in [0.4, 0.5) is 5.69 Å². The molecule has 0 saturated heterocycles. The van der Waals surface area contributed by atoms with Gasteiger partial charge in [0.2, 0.25) is 5.91 Å². The third-order valence-electron chi connectivity index (χ3n) is 3.44. The van der Waals surface area contributed by atoms with Crippen LogP contribution in [0.3, 0.4) is 0 Å². The number of amides is 1. The number of methoxy groups -OCH3 is 1. The number of anilines is 1. The lowest BCUT2D eigenvalue weighted by Crippen LogP contribution is -2.14. The highest BCUT2D eigenvalue weighted by Gasteiger charge is 2.12. The zero-order chi connectivity index (χ0) is 20.3. The number of nitrogens with one attached hydrogen (secondary N) is 1. The molecule has 0 aliphatic rings. The molecule has 0 fully saturated rings. The first-order valence-corrected chi connectivity index (χ1v) is 11.0. The summed E-state index contributed by atoms with van der Waals surface area (Å²) in [6, 6.07) is 10.1.